The van der Waals surface area contributed by atoms with Crippen LogP contribution in [0.2, 0.25) is 0 Å². The van der Waals surface area contributed by atoms with Crippen LogP contribution in [-0.4, -0.2) is 19.9 Å². The lowest BCUT2D eigenvalue weighted by Crippen LogP contribution is -2.29. The van der Waals surface area contributed by atoms with E-state index in [0.29, 0.717) is 23.3 Å². The van der Waals surface area contributed by atoms with Gasteiger partial charge in [0.25, 0.3) is 0 Å². The minimum Gasteiger partial charge on any atom is -0.229 e. The fourth-order valence-corrected chi connectivity index (χ4v) is 3.33. The summed E-state index contributed by atoms with van der Waals surface area (Å²) in [5.74, 6) is 1.74. The summed E-state index contributed by atoms with van der Waals surface area (Å²) < 4.78 is 22.0. The first-order valence-electron chi connectivity index (χ1n) is 3.72. The van der Waals surface area contributed by atoms with Gasteiger partial charge in [-0.3, -0.25) is 0 Å². The molecule has 10 heavy (non-hydrogen) atoms. The smallest absolute Gasteiger partial charge is 0.150 e. The number of hydrogen-bond donors (Lipinski definition) is 0. The molecule has 0 aromatic heterocycles. The molecule has 60 valence electrons. The van der Waals surface area contributed by atoms with E-state index >= 15 is 0 Å². The van der Waals surface area contributed by atoms with Crippen LogP contribution in [0.5, 0.6) is 0 Å². The van der Waals surface area contributed by atoms with E-state index in [4.69, 9.17) is 0 Å². The molecule has 0 spiro atoms. The standard InChI is InChI=1S/C7H14O2S/c1-6-3-4-10(8,9)5-7(6)2/h6-7H,3-5H2,1-2H3. The Balaban J connectivity index is 2.66. The minimum absolute atomic E-state index is 0.360. The van der Waals surface area contributed by atoms with Crippen molar-refractivity contribution in [3.63, 3.8) is 0 Å². The quantitative estimate of drug-likeness (QED) is 0.534. The summed E-state index contributed by atoms with van der Waals surface area (Å²) >= 11 is 0. The molecule has 3 heteroatoms. The fraction of sp³-hybridized carbons (Fsp3) is 1.00. The predicted octanol–water partition coefficient (Wildman–Crippen LogP) is 1.08. The molecule has 2 atom stereocenters. The van der Waals surface area contributed by atoms with Gasteiger partial charge in [0.15, 0.2) is 9.84 Å². The first-order valence-corrected chi connectivity index (χ1v) is 5.54. The molecule has 0 radical (unpaired) electrons. The van der Waals surface area contributed by atoms with Gasteiger partial charge in [-0.25, -0.2) is 8.42 Å². The molecule has 0 saturated carbocycles. The van der Waals surface area contributed by atoms with E-state index in [9.17, 15) is 8.42 Å². The molecule has 2 nitrogen and oxygen atoms in total. The normalized spacial score (nSPS) is 39.4. The number of rotatable bonds is 0. The van der Waals surface area contributed by atoms with Gasteiger partial charge in [0.05, 0.1) is 11.5 Å². The van der Waals surface area contributed by atoms with Crippen LogP contribution in [0, 0.1) is 11.8 Å². The van der Waals surface area contributed by atoms with Crippen LogP contribution < -0.4 is 0 Å². The molecule has 0 aromatic rings. The van der Waals surface area contributed by atoms with Crippen molar-refractivity contribution in [2.24, 2.45) is 11.8 Å². The van der Waals surface area contributed by atoms with E-state index in [1.54, 1.807) is 0 Å². The number of sulfone groups is 1. The third-order valence-corrected chi connectivity index (χ3v) is 4.26. The number of hydrogen-bond acceptors (Lipinski definition) is 2. The molecule has 0 amide bonds. The maximum absolute atomic E-state index is 11.0. The molecule has 1 rings (SSSR count). The summed E-state index contributed by atoms with van der Waals surface area (Å²) in [5.41, 5.74) is 0. The summed E-state index contributed by atoms with van der Waals surface area (Å²) in [5, 5.41) is 0. The van der Waals surface area contributed by atoms with Crippen molar-refractivity contribution in [1.82, 2.24) is 0 Å². The van der Waals surface area contributed by atoms with Gasteiger partial charge in [0.2, 0.25) is 0 Å². The van der Waals surface area contributed by atoms with Crippen LogP contribution >= 0.6 is 0 Å². The molecule has 2 unspecified atom stereocenters. The maximum Gasteiger partial charge on any atom is 0.150 e. The van der Waals surface area contributed by atoms with Gasteiger partial charge < -0.3 is 0 Å². The van der Waals surface area contributed by atoms with Crippen molar-refractivity contribution in [3.8, 4) is 0 Å². The van der Waals surface area contributed by atoms with Crippen molar-refractivity contribution >= 4 is 9.84 Å². The second-order valence-corrected chi connectivity index (χ2v) is 5.59. The average Bonchev–Trinajstić information content (AvgIpc) is 1.79. The Labute approximate surface area is 62.5 Å². The largest absolute Gasteiger partial charge is 0.229 e. The summed E-state index contributed by atoms with van der Waals surface area (Å²) in [6, 6.07) is 0. The van der Waals surface area contributed by atoms with Gasteiger partial charge in [-0.2, -0.15) is 0 Å². The van der Waals surface area contributed by atoms with E-state index in [0.717, 1.165) is 6.42 Å². The van der Waals surface area contributed by atoms with Gasteiger partial charge in [0.1, 0.15) is 0 Å². The Hall–Kier alpha value is -0.0500. The van der Waals surface area contributed by atoms with E-state index in [-0.39, 0.29) is 0 Å². The van der Waals surface area contributed by atoms with Crippen LogP contribution in [0.1, 0.15) is 20.3 Å². The summed E-state index contributed by atoms with van der Waals surface area (Å²) in [6.45, 7) is 4.14. The molecule has 0 aromatic carbocycles. The molecule has 1 fully saturated rings. The van der Waals surface area contributed by atoms with E-state index in [2.05, 4.69) is 6.92 Å². The van der Waals surface area contributed by atoms with Gasteiger partial charge >= 0.3 is 0 Å². The fourth-order valence-electron chi connectivity index (χ4n) is 1.30. The first-order chi connectivity index (χ1) is 4.51. The zero-order valence-electron chi connectivity index (χ0n) is 6.50. The van der Waals surface area contributed by atoms with Gasteiger partial charge in [-0.1, -0.05) is 13.8 Å². The van der Waals surface area contributed by atoms with Crippen LogP contribution in [0.25, 0.3) is 0 Å². The summed E-state index contributed by atoms with van der Waals surface area (Å²) in [4.78, 5) is 0. The highest BCUT2D eigenvalue weighted by Crippen LogP contribution is 2.23. The van der Waals surface area contributed by atoms with E-state index < -0.39 is 9.84 Å². The third-order valence-electron chi connectivity index (χ3n) is 2.37. The van der Waals surface area contributed by atoms with Crippen molar-refractivity contribution < 1.29 is 8.42 Å². The molecule has 0 bridgehead atoms. The Morgan fingerprint density at radius 3 is 2.20 bits per heavy atom. The maximum atomic E-state index is 11.0. The molecular formula is C7H14O2S. The van der Waals surface area contributed by atoms with Crippen LogP contribution in [0.4, 0.5) is 0 Å². The van der Waals surface area contributed by atoms with Crippen molar-refractivity contribution in [2.45, 2.75) is 20.3 Å². The van der Waals surface area contributed by atoms with Crippen LogP contribution in [0.3, 0.4) is 0 Å². The van der Waals surface area contributed by atoms with Crippen LogP contribution in [0.15, 0.2) is 0 Å². The average molecular weight is 162 g/mol. The topological polar surface area (TPSA) is 34.1 Å². The molecule has 1 aliphatic rings. The zero-order valence-corrected chi connectivity index (χ0v) is 7.32. The molecule has 1 aliphatic heterocycles. The predicted molar refractivity (Wildman–Crippen MR) is 41.6 cm³/mol. The second-order valence-electron chi connectivity index (χ2n) is 3.36. The zero-order chi connectivity index (χ0) is 7.78. The lowest BCUT2D eigenvalue weighted by Gasteiger charge is -2.24. The highest BCUT2D eigenvalue weighted by atomic mass is 32.2. The van der Waals surface area contributed by atoms with Crippen LogP contribution in [-0.2, 0) is 9.84 Å². The summed E-state index contributed by atoms with van der Waals surface area (Å²) in [7, 11) is -2.66. The summed E-state index contributed by atoms with van der Waals surface area (Å²) in [6.07, 6.45) is 0.851. The molecule has 0 aliphatic carbocycles. The molecule has 1 heterocycles. The van der Waals surface area contributed by atoms with Gasteiger partial charge in [0, 0.05) is 0 Å². The van der Waals surface area contributed by atoms with Crippen molar-refractivity contribution in [3.05, 3.63) is 0 Å². The van der Waals surface area contributed by atoms with Crippen molar-refractivity contribution in [2.75, 3.05) is 11.5 Å². The van der Waals surface area contributed by atoms with Crippen molar-refractivity contribution in [1.29, 1.82) is 0 Å². The van der Waals surface area contributed by atoms with E-state index in [1.807, 2.05) is 6.92 Å². The Kier molecular flexibility index (Phi) is 2.04. The Morgan fingerprint density at radius 1 is 1.20 bits per heavy atom. The molecule has 1 saturated heterocycles. The molecular weight excluding hydrogens is 148 g/mol. The lowest BCUT2D eigenvalue weighted by atomic mass is 9.95. The highest BCUT2D eigenvalue weighted by Gasteiger charge is 2.26. The van der Waals surface area contributed by atoms with Gasteiger partial charge in [-0.05, 0) is 18.3 Å². The molecule has 0 N–H and O–H groups in total. The highest BCUT2D eigenvalue weighted by molar-refractivity contribution is 7.91. The third kappa shape index (κ3) is 1.72. The second kappa shape index (κ2) is 2.53. The lowest BCUT2D eigenvalue weighted by molar-refractivity contribution is 0.388. The van der Waals surface area contributed by atoms with E-state index in [1.165, 1.54) is 0 Å². The monoisotopic (exact) mass is 162 g/mol. The minimum atomic E-state index is -2.66. The Morgan fingerprint density at radius 2 is 1.80 bits per heavy atom. The SMILES string of the molecule is CC1CCS(=O)(=O)CC1C. The Bertz CT molecular complexity index is 206. The first kappa shape index (κ1) is 8.05. The van der Waals surface area contributed by atoms with Gasteiger partial charge in [-0.15, -0.1) is 0 Å².